The van der Waals surface area contributed by atoms with Gasteiger partial charge in [-0.05, 0) is 34.7 Å². The van der Waals surface area contributed by atoms with Gasteiger partial charge in [-0.25, -0.2) is 0 Å². The van der Waals surface area contributed by atoms with Crippen molar-refractivity contribution in [1.82, 2.24) is 41.2 Å². The number of aromatic nitrogens is 8. The average Bonchev–Trinajstić information content (AvgIpc) is 3.36. The van der Waals surface area contributed by atoms with Crippen molar-refractivity contribution in [2.75, 3.05) is 5.32 Å². The molecule has 0 unspecified atom stereocenters. The summed E-state index contributed by atoms with van der Waals surface area (Å²) in [5.74, 6) is 0.625. The number of carbonyl (C=O) groups excluding carboxylic acids is 1. The first-order chi connectivity index (χ1) is 12.3. The maximum absolute atomic E-state index is 12.5. The van der Waals surface area contributed by atoms with Crippen LogP contribution >= 0.6 is 0 Å². The van der Waals surface area contributed by atoms with Crippen molar-refractivity contribution in [3.05, 3.63) is 54.1 Å². The number of carbonyl (C=O) groups is 1. The summed E-state index contributed by atoms with van der Waals surface area (Å²) < 4.78 is 0. The predicted octanol–water partition coefficient (Wildman–Crippen LogP) is 1.30. The molecular formula is C15H11N9O. The Balaban J connectivity index is 1.57. The van der Waals surface area contributed by atoms with E-state index in [4.69, 9.17) is 0 Å². The summed E-state index contributed by atoms with van der Waals surface area (Å²) in [5.41, 5.74) is 2.54. The molecule has 1 amide bonds. The lowest BCUT2D eigenvalue weighted by Crippen LogP contribution is -2.12. The summed E-state index contributed by atoms with van der Waals surface area (Å²) in [4.78, 5) is 12.5. The Hall–Kier alpha value is -3.95. The molecule has 4 rings (SSSR count). The number of nitrogens with one attached hydrogen (secondary N) is 3. The van der Waals surface area contributed by atoms with E-state index in [1.54, 1.807) is 42.5 Å². The molecule has 10 nitrogen and oxygen atoms in total. The third kappa shape index (κ3) is 3.08. The van der Waals surface area contributed by atoms with Crippen LogP contribution in [-0.2, 0) is 0 Å². The third-order valence-corrected chi connectivity index (χ3v) is 3.45. The van der Waals surface area contributed by atoms with E-state index in [-0.39, 0.29) is 5.91 Å². The lowest BCUT2D eigenvalue weighted by Gasteiger charge is -2.07. The van der Waals surface area contributed by atoms with Gasteiger partial charge in [0.15, 0.2) is 0 Å². The molecule has 0 fully saturated rings. The fourth-order valence-corrected chi connectivity index (χ4v) is 2.31. The quantitative estimate of drug-likeness (QED) is 0.511. The molecule has 25 heavy (non-hydrogen) atoms. The van der Waals surface area contributed by atoms with Gasteiger partial charge in [0, 0.05) is 22.4 Å². The molecule has 0 radical (unpaired) electrons. The van der Waals surface area contributed by atoms with Gasteiger partial charge in [0.1, 0.15) is 0 Å². The Bertz CT molecular complexity index is 996. The Morgan fingerprint density at radius 2 is 1.48 bits per heavy atom. The second-order valence-electron chi connectivity index (χ2n) is 5.09. The van der Waals surface area contributed by atoms with E-state index in [1.165, 1.54) is 0 Å². The van der Waals surface area contributed by atoms with Crippen molar-refractivity contribution in [2.45, 2.75) is 0 Å². The first kappa shape index (κ1) is 14.6. The highest BCUT2D eigenvalue weighted by molar-refractivity contribution is 6.05. The average molecular weight is 333 g/mol. The zero-order chi connectivity index (χ0) is 17.1. The highest BCUT2D eigenvalue weighted by atomic mass is 16.1. The van der Waals surface area contributed by atoms with E-state index in [0.29, 0.717) is 28.5 Å². The highest BCUT2D eigenvalue weighted by Crippen LogP contribution is 2.20. The van der Waals surface area contributed by atoms with E-state index in [2.05, 4.69) is 46.6 Å². The summed E-state index contributed by atoms with van der Waals surface area (Å²) in [7, 11) is 0. The Kier molecular flexibility index (Phi) is 3.67. The molecule has 0 spiro atoms. The van der Waals surface area contributed by atoms with Gasteiger partial charge >= 0.3 is 0 Å². The molecule has 0 saturated heterocycles. The van der Waals surface area contributed by atoms with Crippen LogP contribution in [0.5, 0.6) is 0 Å². The molecule has 0 saturated carbocycles. The van der Waals surface area contributed by atoms with Gasteiger partial charge in [0.2, 0.25) is 11.6 Å². The van der Waals surface area contributed by atoms with Crippen LogP contribution in [0.4, 0.5) is 5.69 Å². The molecule has 122 valence electrons. The molecule has 0 aliphatic carbocycles. The van der Waals surface area contributed by atoms with Gasteiger partial charge in [-0.3, -0.25) is 4.79 Å². The van der Waals surface area contributed by atoms with E-state index < -0.39 is 0 Å². The minimum Gasteiger partial charge on any atom is -0.322 e. The van der Waals surface area contributed by atoms with Crippen LogP contribution in [0, 0.1) is 0 Å². The Labute approximate surface area is 140 Å². The standard InChI is InChI=1S/C15H11N9O/c25-15(11-5-1-3-9(7-11)13-17-21-22-18-13)16-12-6-2-4-10(8-12)14-19-23-24-20-14/h1-8H,(H,16,25)(H,17,18,21,22)(H,19,20,23,24). The maximum Gasteiger partial charge on any atom is 0.255 e. The molecule has 2 heterocycles. The molecule has 0 aliphatic rings. The first-order valence-corrected chi connectivity index (χ1v) is 7.29. The normalized spacial score (nSPS) is 10.6. The summed E-state index contributed by atoms with van der Waals surface area (Å²) in [6, 6.07) is 14.2. The molecule has 0 atom stereocenters. The number of rotatable bonds is 4. The van der Waals surface area contributed by atoms with Gasteiger partial charge in [-0.15, -0.1) is 20.4 Å². The van der Waals surface area contributed by atoms with Crippen LogP contribution in [-0.4, -0.2) is 47.2 Å². The number of aromatic amines is 2. The summed E-state index contributed by atoms with van der Waals surface area (Å²) in [6.45, 7) is 0. The second kappa shape index (κ2) is 6.28. The van der Waals surface area contributed by atoms with E-state index >= 15 is 0 Å². The lowest BCUT2D eigenvalue weighted by atomic mass is 10.1. The number of H-pyrrole nitrogens is 2. The van der Waals surface area contributed by atoms with Crippen LogP contribution in [0.25, 0.3) is 22.8 Å². The summed E-state index contributed by atoms with van der Waals surface area (Å²) >= 11 is 0. The number of tetrazole rings is 2. The number of anilines is 1. The van der Waals surface area contributed by atoms with Crippen LogP contribution in [0.1, 0.15) is 10.4 Å². The zero-order valence-electron chi connectivity index (χ0n) is 12.7. The van der Waals surface area contributed by atoms with Crippen molar-refractivity contribution in [3.8, 4) is 22.8 Å². The topological polar surface area (TPSA) is 138 Å². The molecule has 2 aromatic carbocycles. The smallest absolute Gasteiger partial charge is 0.255 e. The number of benzene rings is 2. The fraction of sp³-hybridized carbons (Fsp3) is 0. The van der Waals surface area contributed by atoms with Crippen LogP contribution in [0.3, 0.4) is 0 Å². The number of hydrogen-bond donors (Lipinski definition) is 3. The minimum atomic E-state index is -0.254. The van der Waals surface area contributed by atoms with Gasteiger partial charge in [0.25, 0.3) is 5.91 Å². The summed E-state index contributed by atoms with van der Waals surface area (Å²) in [6.07, 6.45) is 0. The molecule has 2 aromatic heterocycles. The van der Waals surface area contributed by atoms with Crippen molar-refractivity contribution >= 4 is 11.6 Å². The molecule has 0 aliphatic heterocycles. The monoisotopic (exact) mass is 333 g/mol. The molecule has 0 bridgehead atoms. The SMILES string of the molecule is O=C(Nc1cccc(-c2nn[nH]n2)c1)c1cccc(-c2nn[nH]n2)c1. The Morgan fingerprint density at radius 3 is 2.12 bits per heavy atom. The van der Waals surface area contributed by atoms with E-state index in [0.717, 1.165) is 5.56 Å². The van der Waals surface area contributed by atoms with Crippen LogP contribution in [0.15, 0.2) is 48.5 Å². The van der Waals surface area contributed by atoms with Crippen molar-refractivity contribution in [2.24, 2.45) is 0 Å². The molecule has 4 aromatic rings. The van der Waals surface area contributed by atoms with Gasteiger partial charge in [-0.2, -0.15) is 10.4 Å². The van der Waals surface area contributed by atoms with Gasteiger partial charge in [0.05, 0.1) is 0 Å². The molecular weight excluding hydrogens is 322 g/mol. The van der Waals surface area contributed by atoms with Gasteiger partial charge < -0.3 is 5.32 Å². The number of hydrogen-bond acceptors (Lipinski definition) is 7. The Morgan fingerprint density at radius 1 is 0.840 bits per heavy atom. The first-order valence-electron chi connectivity index (χ1n) is 7.29. The largest absolute Gasteiger partial charge is 0.322 e. The minimum absolute atomic E-state index is 0.254. The van der Waals surface area contributed by atoms with Crippen molar-refractivity contribution in [3.63, 3.8) is 0 Å². The van der Waals surface area contributed by atoms with E-state index in [9.17, 15) is 4.79 Å². The fourth-order valence-electron chi connectivity index (χ4n) is 2.31. The highest BCUT2D eigenvalue weighted by Gasteiger charge is 2.11. The second-order valence-corrected chi connectivity index (χ2v) is 5.09. The summed E-state index contributed by atoms with van der Waals surface area (Å²) in [5, 5.41) is 30.3. The van der Waals surface area contributed by atoms with Crippen molar-refractivity contribution < 1.29 is 4.79 Å². The van der Waals surface area contributed by atoms with Crippen LogP contribution in [0.2, 0.25) is 0 Å². The van der Waals surface area contributed by atoms with Crippen molar-refractivity contribution in [1.29, 1.82) is 0 Å². The third-order valence-electron chi connectivity index (χ3n) is 3.45. The molecule has 10 heteroatoms. The lowest BCUT2D eigenvalue weighted by molar-refractivity contribution is 0.102. The zero-order valence-corrected chi connectivity index (χ0v) is 12.7. The molecule has 3 N–H and O–H groups in total. The predicted molar refractivity (Wildman–Crippen MR) is 87.2 cm³/mol. The van der Waals surface area contributed by atoms with Crippen LogP contribution < -0.4 is 5.32 Å². The van der Waals surface area contributed by atoms with E-state index in [1.807, 2.05) is 6.07 Å². The number of nitrogens with zero attached hydrogens (tertiary/aromatic N) is 6. The van der Waals surface area contributed by atoms with Gasteiger partial charge in [-0.1, -0.05) is 24.3 Å². The maximum atomic E-state index is 12.5. The number of amides is 1.